The molecular weight excluding hydrogens is 290 g/mol. The minimum atomic E-state index is -0.894. The Labute approximate surface area is 129 Å². The first-order chi connectivity index (χ1) is 10.0. The van der Waals surface area contributed by atoms with Crippen molar-refractivity contribution in [3.05, 3.63) is 24.3 Å². The molecular formula is C15H21NO4S. The van der Waals surface area contributed by atoms with Gasteiger partial charge in [-0.15, -0.1) is 11.8 Å². The summed E-state index contributed by atoms with van der Waals surface area (Å²) in [5.74, 6) is 0.456. The zero-order valence-corrected chi connectivity index (χ0v) is 13.1. The van der Waals surface area contributed by atoms with Crippen LogP contribution in [-0.4, -0.2) is 35.9 Å². The Bertz CT molecular complexity index is 461. The van der Waals surface area contributed by atoms with Crippen molar-refractivity contribution < 1.29 is 19.4 Å². The number of ether oxygens (including phenoxy) is 1. The van der Waals surface area contributed by atoms with Crippen LogP contribution in [0.5, 0.6) is 5.75 Å². The third-order valence-electron chi connectivity index (χ3n) is 2.94. The molecule has 0 fully saturated rings. The van der Waals surface area contributed by atoms with Gasteiger partial charge in [0, 0.05) is 23.1 Å². The molecule has 1 aromatic carbocycles. The summed E-state index contributed by atoms with van der Waals surface area (Å²) in [6.45, 7) is 1.86. The second kappa shape index (κ2) is 9.28. The number of rotatable bonds is 9. The van der Waals surface area contributed by atoms with Crippen LogP contribution in [0.4, 0.5) is 0 Å². The van der Waals surface area contributed by atoms with Crippen LogP contribution >= 0.6 is 11.8 Å². The number of nitrogens with one attached hydrogen (secondary N) is 1. The highest BCUT2D eigenvalue weighted by molar-refractivity contribution is 7.99. The fraction of sp³-hybridized carbons (Fsp3) is 0.467. The van der Waals surface area contributed by atoms with Crippen molar-refractivity contribution in [1.82, 2.24) is 5.32 Å². The van der Waals surface area contributed by atoms with Crippen molar-refractivity contribution in [3.8, 4) is 5.75 Å². The Kier molecular flexibility index (Phi) is 7.68. The SMILES string of the molecule is CC[C@@H](CC(=O)O)NC(=O)CCSc1ccc(OC)cc1. The van der Waals surface area contributed by atoms with Gasteiger partial charge in [0.2, 0.25) is 5.91 Å². The summed E-state index contributed by atoms with van der Waals surface area (Å²) in [5.41, 5.74) is 0. The number of amides is 1. The van der Waals surface area contributed by atoms with Crippen LogP contribution in [0.1, 0.15) is 26.2 Å². The number of carboxylic acids is 1. The maximum Gasteiger partial charge on any atom is 0.305 e. The van der Waals surface area contributed by atoms with Crippen molar-refractivity contribution in [2.75, 3.05) is 12.9 Å². The number of hydrogen-bond donors (Lipinski definition) is 2. The number of aliphatic carboxylic acids is 1. The Hall–Kier alpha value is -1.69. The van der Waals surface area contributed by atoms with Gasteiger partial charge in [-0.1, -0.05) is 6.92 Å². The third kappa shape index (κ3) is 7.04. The Morgan fingerprint density at radius 2 is 2.00 bits per heavy atom. The number of carbonyl (C=O) groups excluding carboxylic acids is 1. The predicted molar refractivity (Wildman–Crippen MR) is 82.8 cm³/mol. The lowest BCUT2D eigenvalue weighted by atomic mass is 10.1. The highest BCUT2D eigenvalue weighted by atomic mass is 32.2. The van der Waals surface area contributed by atoms with Gasteiger partial charge in [0.05, 0.1) is 13.5 Å². The van der Waals surface area contributed by atoms with E-state index < -0.39 is 5.97 Å². The second-order valence-electron chi connectivity index (χ2n) is 4.54. The van der Waals surface area contributed by atoms with E-state index in [2.05, 4.69) is 5.32 Å². The first-order valence-electron chi connectivity index (χ1n) is 6.83. The molecule has 0 aliphatic carbocycles. The molecule has 5 nitrogen and oxygen atoms in total. The lowest BCUT2D eigenvalue weighted by Gasteiger charge is -2.14. The van der Waals surface area contributed by atoms with E-state index in [4.69, 9.17) is 9.84 Å². The molecule has 0 spiro atoms. The average molecular weight is 311 g/mol. The molecule has 0 heterocycles. The van der Waals surface area contributed by atoms with Crippen LogP contribution in [0.2, 0.25) is 0 Å². The fourth-order valence-electron chi connectivity index (χ4n) is 1.74. The number of carboxylic acid groups (broad SMARTS) is 1. The van der Waals surface area contributed by atoms with Gasteiger partial charge in [-0.3, -0.25) is 9.59 Å². The molecule has 0 unspecified atom stereocenters. The maximum atomic E-state index is 11.7. The molecule has 1 atom stereocenters. The van der Waals surface area contributed by atoms with Crippen LogP contribution in [0.25, 0.3) is 0 Å². The molecule has 0 radical (unpaired) electrons. The Morgan fingerprint density at radius 3 is 2.52 bits per heavy atom. The molecule has 116 valence electrons. The van der Waals surface area contributed by atoms with Crippen molar-refractivity contribution in [1.29, 1.82) is 0 Å². The van der Waals surface area contributed by atoms with Crippen molar-refractivity contribution in [3.63, 3.8) is 0 Å². The molecule has 0 saturated heterocycles. The maximum absolute atomic E-state index is 11.7. The van der Waals surface area contributed by atoms with E-state index in [1.54, 1.807) is 18.9 Å². The zero-order valence-electron chi connectivity index (χ0n) is 12.3. The lowest BCUT2D eigenvalue weighted by Crippen LogP contribution is -2.36. The summed E-state index contributed by atoms with van der Waals surface area (Å²) in [7, 11) is 1.62. The van der Waals surface area contributed by atoms with Crippen molar-refractivity contribution >= 4 is 23.6 Å². The standard InChI is InChI=1S/C15H21NO4S/c1-3-11(10-15(18)19)16-14(17)8-9-21-13-6-4-12(20-2)5-7-13/h4-7,11H,3,8-10H2,1-2H3,(H,16,17)(H,18,19)/t11-/m0/s1. The smallest absolute Gasteiger partial charge is 0.305 e. The van der Waals surface area contributed by atoms with E-state index in [0.29, 0.717) is 18.6 Å². The highest BCUT2D eigenvalue weighted by Crippen LogP contribution is 2.21. The molecule has 21 heavy (non-hydrogen) atoms. The molecule has 1 amide bonds. The van der Waals surface area contributed by atoms with E-state index in [1.807, 2.05) is 31.2 Å². The molecule has 0 saturated carbocycles. The van der Waals surface area contributed by atoms with Gasteiger partial charge in [-0.2, -0.15) is 0 Å². The van der Waals surface area contributed by atoms with Crippen LogP contribution < -0.4 is 10.1 Å². The summed E-state index contributed by atoms with van der Waals surface area (Å²) in [6, 6.07) is 7.35. The van der Waals surface area contributed by atoms with Gasteiger partial charge in [-0.05, 0) is 30.7 Å². The van der Waals surface area contributed by atoms with Gasteiger partial charge in [0.15, 0.2) is 0 Å². The molecule has 6 heteroatoms. The van der Waals surface area contributed by atoms with Gasteiger partial charge >= 0.3 is 5.97 Å². The summed E-state index contributed by atoms with van der Waals surface area (Å²) in [4.78, 5) is 23.5. The second-order valence-corrected chi connectivity index (χ2v) is 5.71. The fourth-order valence-corrected chi connectivity index (χ4v) is 2.59. The topological polar surface area (TPSA) is 75.6 Å². The van der Waals surface area contributed by atoms with Crippen LogP contribution in [0.15, 0.2) is 29.2 Å². The minimum absolute atomic E-state index is 0.0339. The number of methoxy groups -OCH3 is 1. The molecule has 0 aliphatic heterocycles. The molecule has 0 bridgehead atoms. The Morgan fingerprint density at radius 1 is 1.33 bits per heavy atom. The first kappa shape index (κ1) is 17.4. The zero-order chi connectivity index (χ0) is 15.7. The monoisotopic (exact) mass is 311 g/mol. The van der Waals surface area contributed by atoms with E-state index in [1.165, 1.54) is 0 Å². The molecule has 0 aliphatic rings. The lowest BCUT2D eigenvalue weighted by molar-refractivity contribution is -0.137. The Balaban J connectivity index is 2.30. The largest absolute Gasteiger partial charge is 0.497 e. The molecule has 1 rings (SSSR count). The quantitative estimate of drug-likeness (QED) is 0.685. The normalized spacial score (nSPS) is 11.7. The van der Waals surface area contributed by atoms with E-state index in [9.17, 15) is 9.59 Å². The van der Waals surface area contributed by atoms with Gasteiger partial charge in [0.1, 0.15) is 5.75 Å². The van der Waals surface area contributed by atoms with Crippen LogP contribution in [0.3, 0.4) is 0 Å². The molecule has 2 N–H and O–H groups in total. The number of carbonyl (C=O) groups is 2. The summed E-state index contributed by atoms with van der Waals surface area (Å²) >= 11 is 1.58. The van der Waals surface area contributed by atoms with Crippen LogP contribution in [0, 0.1) is 0 Å². The highest BCUT2D eigenvalue weighted by Gasteiger charge is 2.13. The van der Waals surface area contributed by atoms with Crippen molar-refractivity contribution in [2.45, 2.75) is 37.1 Å². The third-order valence-corrected chi connectivity index (χ3v) is 3.95. The number of hydrogen-bond acceptors (Lipinski definition) is 4. The average Bonchev–Trinajstić information content (AvgIpc) is 2.46. The predicted octanol–water partition coefficient (Wildman–Crippen LogP) is 2.55. The van der Waals surface area contributed by atoms with Crippen molar-refractivity contribution in [2.24, 2.45) is 0 Å². The minimum Gasteiger partial charge on any atom is -0.497 e. The number of benzene rings is 1. The molecule has 0 aromatic heterocycles. The van der Waals surface area contributed by atoms with E-state index >= 15 is 0 Å². The summed E-state index contributed by atoms with van der Waals surface area (Å²) in [5, 5.41) is 11.5. The van der Waals surface area contributed by atoms with E-state index in [-0.39, 0.29) is 18.4 Å². The van der Waals surface area contributed by atoms with E-state index in [0.717, 1.165) is 10.6 Å². The first-order valence-corrected chi connectivity index (χ1v) is 7.81. The van der Waals surface area contributed by atoms with Crippen LogP contribution in [-0.2, 0) is 9.59 Å². The number of thioether (sulfide) groups is 1. The summed E-state index contributed by atoms with van der Waals surface area (Å²) < 4.78 is 5.08. The van der Waals surface area contributed by atoms with Gasteiger partial charge < -0.3 is 15.2 Å². The molecule has 1 aromatic rings. The summed E-state index contributed by atoms with van der Waals surface area (Å²) in [6.07, 6.45) is 0.949. The van der Waals surface area contributed by atoms with Gasteiger partial charge in [0.25, 0.3) is 0 Å². The van der Waals surface area contributed by atoms with Gasteiger partial charge in [-0.25, -0.2) is 0 Å².